The Bertz CT molecular complexity index is 889. The maximum Gasteiger partial charge on any atom is 0.335 e. The number of amides is 4. The molecule has 6 nitrogen and oxygen atoms in total. The van der Waals surface area contributed by atoms with Gasteiger partial charge in [0.05, 0.1) is 12.3 Å². The molecule has 7 heteroatoms. The van der Waals surface area contributed by atoms with E-state index in [1.807, 2.05) is 6.92 Å². The molecule has 132 valence electrons. The van der Waals surface area contributed by atoms with Gasteiger partial charge in [0.25, 0.3) is 11.8 Å². The Morgan fingerprint density at radius 2 is 1.69 bits per heavy atom. The second-order valence-electron chi connectivity index (χ2n) is 5.44. The molecule has 0 radical (unpaired) electrons. The first kappa shape index (κ1) is 17.9. The number of nitrogens with one attached hydrogen (secondary N) is 1. The Labute approximate surface area is 158 Å². The molecule has 0 aliphatic carbocycles. The molecule has 1 saturated heterocycles. The standard InChI is InChI=1S/C19H15BrN2O4/c1-2-26-15-9-3-12(4-10-15)11-16-17(23)21-19(25)22(18(16)24)14-7-5-13(20)6-8-14/h3-11H,2H2,1H3,(H,21,23,25)/b16-11+. The predicted octanol–water partition coefficient (Wildman–Crippen LogP) is 3.51. The fraction of sp³-hybridized carbons (Fsp3) is 0.105. The highest BCUT2D eigenvalue weighted by Gasteiger charge is 2.36. The molecule has 0 spiro atoms. The molecule has 2 aromatic carbocycles. The second-order valence-corrected chi connectivity index (χ2v) is 6.35. The molecule has 1 aliphatic heterocycles. The summed E-state index contributed by atoms with van der Waals surface area (Å²) in [6, 6.07) is 12.9. The van der Waals surface area contributed by atoms with Crippen molar-refractivity contribution in [2.45, 2.75) is 6.92 Å². The molecule has 1 heterocycles. The minimum atomic E-state index is -0.772. The summed E-state index contributed by atoms with van der Waals surface area (Å²) < 4.78 is 6.18. The lowest BCUT2D eigenvalue weighted by Gasteiger charge is -2.26. The summed E-state index contributed by atoms with van der Waals surface area (Å²) in [4.78, 5) is 38.0. The smallest absolute Gasteiger partial charge is 0.335 e. The lowest BCUT2D eigenvalue weighted by atomic mass is 10.1. The van der Waals surface area contributed by atoms with Crippen molar-refractivity contribution in [3.05, 3.63) is 64.1 Å². The van der Waals surface area contributed by atoms with Crippen molar-refractivity contribution in [3.8, 4) is 5.75 Å². The van der Waals surface area contributed by atoms with Crippen LogP contribution in [0.25, 0.3) is 6.08 Å². The first-order valence-corrected chi connectivity index (χ1v) is 8.69. The van der Waals surface area contributed by atoms with Crippen LogP contribution in [0.3, 0.4) is 0 Å². The summed E-state index contributed by atoms with van der Waals surface area (Å²) in [6.45, 7) is 2.43. The molecule has 3 rings (SSSR count). The maximum absolute atomic E-state index is 12.7. The minimum absolute atomic E-state index is 0.114. The van der Waals surface area contributed by atoms with Crippen molar-refractivity contribution in [2.24, 2.45) is 0 Å². The van der Waals surface area contributed by atoms with Crippen LogP contribution < -0.4 is 15.0 Å². The predicted molar refractivity (Wildman–Crippen MR) is 101 cm³/mol. The van der Waals surface area contributed by atoms with Crippen LogP contribution in [0.1, 0.15) is 12.5 Å². The van der Waals surface area contributed by atoms with Crippen LogP contribution >= 0.6 is 15.9 Å². The van der Waals surface area contributed by atoms with Crippen LogP contribution in [-0.2, 0) is 9.59 Å². The molecule has 1 fully saturated rings. The SMILES string of the molecule is CCOc1ccc(/C=C2\C(=O)NC(=O)N(c3ccc(Br)cc3)C2=O)cc1. The number of hydrogen-bond donors (Lipinski definition) is 1. The molecule has 1 aliphatic rings. The van der Waals surface area contributed by atoms with E-state index < -0.39 is 17.8 Å². The summed E-state index contributed by atoms with van der Waals surface area (Å²) in [5.41, 5.74) is 0.912. The van der Waals surface area contributed by atoms with Gasteiger partial charge in [0, 0.05) is 4.47 Å². The molecule has 0 bridgehead atoms. The number of hydrogen-bond acceptors (Lipinski definition) is 4. The molecule has 2 aromatic rings. The lowest BCUT2D eigenvalue weighted by molar-refractivity contribution is -0.122. The average molecular weight is 415 g/mol. The fourth-order valence-electron chi connectivity index (χ4n) is 2.48. The van der Waals surface area contributed by atoms with E-state index in [4.69, 9.17) is 4.74 Å². The van der Waals surface area contributed by atoms with E-state index in [9.17, 15) is 14.4 Å². The third kappa shape index (κ3) is 3.67. The Morgan fingerprint density at radius 1 is 1.04 bits per heavy atom. The molecule has 4 amide bonds. The van der Waals surface area contributed by atoms with Crippen molar-refractivity contribution in [2.75, 3.05) is 11.5 Å². The van der Waals surface area contributed by atoms with Crippen molar-refractivity contribution >= 4 is 45.5 Å². The van der Waals surface area contributed by atoms with Crippen LogP contribution in [0.5, 0.6) is 5.75 Å². The Kier molecular flexibility index (Phi) is 5.18. The number of carbonyl (C=O) groups excluding carboxylic acids is 3. The third-order valence-corrected chi connectivity index (χ3v) is 4.22. The van der Waals surface area contributed by atoms with Gasteiger partial charge in [0.15, 0.2) is 0 Å². The minimum Gasteiger partial charge on any atom is -0.494 e. The zero-order valence-electron chi connectivity index (χ0n) is 13.9. The van der Waals surface area contributed by atoms with Crippen LogP contribution in [-0.4, -0.2) is 24.5 Å². The van der Waals surface area contributed by atoms with E-state index >= 15 is 0 Å². The van der Waals surface area contributed by atoms with Gasteiger partial charge in [-0.3, -0.25) is 14.9 Å². The van der Waals surface area contributed by atoms with Crippen LogP contribution in [0.2, 0.25) is 0 Å². The molecule has 0 saturated carbocycles. The first-order valence-electron chi connectivity index (χ1n) is 7.89. The fourth-order valence-corrected chi connectivity index (χ4v) is 2.74. The molecule has 26 heavy (non-hydrogen) atoms. The van der Waals surface area contributed by atoms with E-state index in [0.717, 1.165) is 9.37 Å². The van der Waals surface area contributed by atoms with Gasteiger partial charge < -0.3 is 4.74 Å². The van der Waals surface area contributed by atoms with E-state index in [2.05, 4.69) is 21.2 Å². The van der Waals surface area contributed by atoms with Gasteiger partial charge >= 0.3 is 6.03 Å². The number of imide groups is 2. The molecule has 0 atom stereocenters. The normalized spacial score (nSPS) is 16.0. The number of ether oxygens (including phenoxy) is 1. The van der Waals surface area contributed by atoms with E-state index in [-0.39, 0.29) is 5.57 Å². The Balaban J connectivity index is 1.93. The van der Waals surface area contributed by atoms with Gasteiger partial charge in [-0.25, -0.2) is 9.69 Å². The Morgan fingerprint density at radius 3 is 2.31 bits per heavy atom. The Hall–Kier alpha value is -2.93. The van der Waals surface area contributed by atoms with E-state index in [1.165, 1.54) is 6.08 Å². The van der Waals surface area contributed by atoms with Gasteiger partial charge in [-0.2, -0.15) is 0 Å². The number of nitrogens with zero attached hydrogens (tertiary/aromatic N) is 1. The van der Waals surface area contributed by atoms with Crippen molar-refractivity contribution < 1.29 is 19.1 Å². The summed E-state index contributed by atoms with van der Waals surface area (Å²) in [5.74, 6) is -0.696. The topological polar surface area (TPSA) is 75.7 Å². The van der Waals surface area contributed by atoms with Crippen molar-refractivity contribution in [1.82, 2.24) is 5.32 Å². The molecular weight excluding hydrogens is 400 g/mol. The number of halogens is 1. The van der Waals surface area contributed by atoms with Crippen LogP contribution in [0, 0.1) is 0 Å². The number of carbonyl (C=O) groups is 3. The summed E-state index contributed by atoms with van der Waals surface area (Å²) >= 11 is 3.30. The highest BCUT2D eigenvalue weighted by molar-refractivity contribution is 9.10. The van der Waals surface area contributed by atoms with Crippen molar-refractivity contribution in [1.29, 1.82) is 0 Å². The van der Waals surface area contributed by atoms with E-state index in [1.54, 1.807) is 48.5 Å². The highest BCUT2D eigenvalue weighted by Crippen LogP contribution is 2.24. The number of urea groups is 1. The van der Waals surface area contributed by atoms with Gasteiger partial charge in [-0.05, 0) is 55.0 Å². The number of benzene rings is 2. The molecule has 0 aromatic heterocycles. The quantitative estimate of drug-likeness (QED) is 0.613. The van der Waals surface area contributed by atoms with Gasteiger partial charge in [-0.1, -0.05) is 28.1 Å². The molecular formula is C19H15BrN2O4. The monoisotopic (exact) mass is 414 g/mol. The summed E-state index contributed by atoms with van der Waals surface area (Å²) in [5, 5.41) is 2.20. The van der Waals surface area contributed by atoms with Gasteiger partial charge in [0.2, 0.25) is 0 Å². The van der Waals surface area contributed by atoms with E-state index in [0.29, 0.717) is 23.6 Å². The zero-order chi connectivity index (χ0) is 18.7. The largest absolute Gasteiger partial charge is 0.494 e. The van der Waals surface area contributed by atoms with Crippen LogP contribution in [0.4, 0.5) is 10.5 Å². The first-order chi connectivity index (χ1) is 12.5. The maximum atomic E-state index is 12.7. The number of rotatable bonds is 4. The average Bonchev–Trinajstić information content (AvgIpc) is 2.62. The number of barbiturate groups is 1. The molecule has 0 unspecified atom stereocenters. The van der Waals surface area contributed by atoms with Crippen LogP contribution in [0.15, 0.2) is 58.6 Å². The van der Waals surface area contributed by atoms with Gasteiger partial charge in [0.1, 0.15) is 11.3 Å². The lowest BCUT2D eigenvalue weighted by Crippen LogP contribution is -2.54. The summed E-state index contributed by atoms with van der Waals surface area (Å²) in [6.07, 6.45) is 1.45. The summed E-state index contributed by atoms with van der Waals surface area (Å²) in [7, 11) is 0. The highest BCUT2D eigenvalue weighted by atomic mass is 79.9. The third-order valence-electron chi connectivity index (χ3n) is 3.69. The van der Waals surface area contributed by atoms with Crippen molar-refractivity contribution in [3.63, 3.8) is 0 Å². The molecule has 1 N–H and O–H groups in total. The van der Waals surface area contributed by atoms with Gasteiger partial charge in [-0.15, -0.1) is 0 Å². The zero-order valence-corrected chi connectivity index (χ0v) is 15.4. The second kappa shape index (κ2) is 7.53. The number of anilines is 1.